The van der Waals surface area contributed by atoms with Crippen LogP contribution in [0.15, 0.2) is 0 Å². The van der Waals surface area contributed by atoms with E-state index in [4.69, 9.17) is 9.05 Å². The highest BCUT2D eigenvalue weighted by Gasteiger charge is 2.29. The van der Waals surface area contributed by atoms with Gasteiger partial charge in [-0.05, 0) is 24.7 Å². The molecule has 0 spiro atoms. The number of unbranched alkanes of at least 4 members (excludes halogenated alkanes) is 2. The van der Waals surface area contributed by atoms with Gasteiger partial charge in [-0.25, -0.2) is 0 Å². The molecule has 0 saturated heterocycles. The second kappa shape index (κ2) is 14.3. The average molecular weight is 414 g/mol. The summed E-state index contributed by atoms with van der Waals surface area (Å²) < 4.78 is 34.7. The number of rotatable bonds is 17. The van der Waals surface area contributed by atoms with Crippen molar-refractivity contribution in [3.8, 4) is 0 Å². The molecule has 2 N–H and O–H groups in total. The van der Waals surface area contributed by atoms with Gasteiger partial charge in [0.2, 0.25) is 0 Å². The fraction of sp³-hybridized carbons (Fsp3) is 1.00. The summed E-state index contributed by atoms with van der Waals surface area (Å²) in [7, 11) is -7.74. The Morgan fingerprint density at radius 1 is 0.731 bits per heavy atom. The van der Waals surface area contributed by atoms with Gasteiger partial charge in [0.1, 0.15) is 0 Å². The van der Waals surface area contributed by atoms with Crippen LogP contribution in [0.3, 0.4) is 0 Å². The Kier molecular flexibility index (Phi) is 14.5. The maximum Gasteiger partial charge on any atom is 0.328 e. The lowest BCUT2D eigenvalue weighted by atomic mass is 10.0. The van der Waals surface area contributed by atoms with Gasteiger partial charge in [0.25, 0.3) is 0 Å². The lowest BCUT2D eigenvalue weighted by Gasteiger charge is -2.20. The Balaban J connectivity index is 4.31. The largest absolute Gasteiger partial charge is 0.328 e. The van der Waals surface area contributed by atoms with Crippen LogP contribution in [0.5, 0.6) is 0 Å². The summed E-state index contributed by atoms with van der Waals surface area (Å²) in [5, 5.41) is 0. The van der Waals surface area contributed by atoms with Gasteiger partial charge in [0.05, 0.1) is 25.5 Å². The summed E-state index contributed by atoms with van der Waals surface area (Å²) in [5.41, 5.74) is 0. The molecule has 0 aromatic rings. The highest BCUT2D eigenvalue weighted by atomic mass is 31.2. The first-order chi connectivity index (χ1) is 12.2. The molecule has 26 heavy (non-hydrogen) atoms. The number of hydrogen-bond acceptors (Lipinski definition) is 4. The minimum atomic E-state index is -3.87. The highest BCUT2D eigenvalue weighted by Crippen LogP contribution is 2.50. The van der Waals surface area contributed by atoms with Crippen molar-refractivity contribution in [1.82, 2.24) is 0 Å². The summed E-state index contributed by atoms with van der Waals surface area (Å²) >= 11 is 0. The third-order valence-electron chi connectivity index (χ3n) is 4.78. The van der Waals surface area contributed by atoms with Crippen LogP contribution in [0.25, 0.3) is 0 Å². The third kappa shape index (κ3) is 13.5. The van der Waals surface area contributed by atoms with Gasteiger partial charge in [0.15, 0.2) is 0 Å². The van der Waals surface area contributed by atoms with E-state index in [1.165, 1.54) is 0 Å². The van der Waals surface area contributed by atoms with Gasteiger partial charge in [-0.2, -0.15) is 0 Å². The first kappa shape index (κ1) is 26.3. The Morgan fingerprint density at radius 2 is 1.08 bits per heavy atom. The summed E-state index contributed by atoms with van der Waals surface area (Å²) in [6, 6.07) is 0. The first-order valence-corrected chi connectivity index (χ1v) is 13.6. The monoisotopic (exact) mass is 414 g/mol. The Bertz CT molecular complexity index is 403. The van der Waals surface area contributed by atoms with Crippen molar-refractivity contribution in [2.24, 2.45) is 11.8 Å². The van der Waals surface area contributed by atoms with Gasteiger partial charge in [0, 0.05) is 0 Å². The second-order valence-electron chi connectivity index (χ2n) is 7.15. The quantitative estimate of drug-likeness (QED) is 0.291. The van der Waals surface area contributed by atoms with Gasteiger partial charge >= 0.3 is 15.2 Å². The molecule has 0 rings (SSSR count). The molecule has 158 valence electrons. The van der Waals surface area contributed by atoms with Gasteiger partial charge < -0.3 is 18.8 Å². The summed E-state index contributed by atoms with van der Waals surface area (Å²) in [6.07, 6.45) is 7.28. The van der Waals surface area contributed by atoms with Crippen molar-refractivity contribution >= 4 is 15.2 Å². The highest BCUT2D eigenvalue weighted by molar-refractivity contribution is 7.57. The van der Waals surface area contributed by atoms with E-state index in [1.807, 2.05) is 13.8 Å². The molecule has 4 unspecified atom stereocenters. The van der Waals surface area contributed by atoms with Crippen molar-refractivity contribution < 1.29 is 28.0 Å². The van der Waals surface area contributed by atoms with E-state index in [-0.39, 0.29) is 37.4 Å². The maximum atomic E-state index is 12.1. The average Bonchev–Trinajstić information content (AvgIpc) is 2.60. The SMILES string of the molecule is CCCCC(CC)COP(=O)(O)CCP(=O)(O)OCC(CC)CCCC. The molecule has 6 nitrogen and oxygen atoms in total. The molecule has 0 radical (unpaired) electrons. The van der Waals surface area contributed by atoms with Crippen LogP contribution in [-0.2, 0) is 18.2 Å². The van der Waals surface area contributed by atoms with Crippen LogP contribution in [0.1, 0.15) is 79.1 Å². The molecule has 4 atom stereocenters. The standard InChI is InChI=1S/C18H40O6P2/c1-5-9-11-17(7-3)15-23-25(19,20)13-14-26(21,22)24-16-18(8-4)12-10-6-2/h17-18H,5-16H2,1-4H3,(H,19,20)(H,21,22). The van der Waals surface area contributed by atoms with E-state index in [9.17, 15) is 18.9 Å². The first-order valence-electron chi connectivity index (χ1n) is 10.1. The van der Waals surface area contributed by atoms with E-state index in [0.29, 0.717) is 0 Å². The van der Waals surface area contributed by atoms with Crippen molar-refractivity contribution in [2.75, 3.05) is 25.5 Å². The van der Waals surface area contributed by atoms with Gasteiger partial charge in [-0.3, -0.25) is 9.13 Å². The second-order valence-corrected chi connectivity index (χ2v) is 11.1. The molecule has 0 amide bonds. The van der Waals surface area contributed by atoms with Gasteiger partial charge in [-0.15, -0.1) is 0 Å². The van der Waals surface area contributed by atoms with Crippen molar-refractivity contribution in [2.45, 2.75) is 79.1 Å². The lowest BCUT2D eigenvalue weighted by molar-refractivity contribution is 0.198. The Labute approximate surface area is 160 Å². The Morgan fingerprint density at radius 3 is 1.35 bits per heavy atom. The normalized spacial score (nSPS) is 18.8. The molecule has 0 fully saturated rings. The van der Waals surface area contributed by atoms with Gasteiger partial charge in [-0.1, -0.05) is 66.2 Å². The molecular weight excluding hydrogens is 374 g/mol. The van der Waals surface area contributed by atoms with Crippen molar-refractivity contribution in [3.63, 3.8) is 0 Å². The predicted octanol–water partition coefficient (Wildman–Crippen LogP) is 5.82. The van der Waals surface area contributed by atoms with Crippen LogP contribution in [0.4, 0.5) is 0 Å². The third-order valence-corrected chi connectivity index (χ3v) is 7.81. The summed E-state index contributed by atoms with van der Waals surface area (Å²) in [5.74, 6) is 0.493. The van der Waals surface area contributed by atoms with E-state index < -0.39 is 15.2 Å². The fourth-order valence-electron chi connectivity index (χ4n) is 2.62. The van der Waals surface area contributed by atoms with E-state index >= 15 is 0 Å². The van der Waals surface area contributed by atoms with E-state index in [1.54, 1.807) is 0 Å². The minimum Gasteiger partial charge on any atom is -0.324 e. The zero-order valence-corrected chi connectivity index (χ0v) is 18.9. The number of hydrogen-bond donors (Lipinski definition) is 2. The molecule has 8 heteroatoms. The molecule has 0 aromatic heterocycles. The molecule has 0 aliphatic heterocycles. The summed E-state index contributed by atoms with van der Waals surface area (Å²) in [6.45, 7) is 8.71. The molecule has 0 aliphatic rings. The maximum absolute atomic E-state index is 12.1. The van der Waals surface area contributed by atoms with Crippen LogP contribution in [0, 0.1) is 11.8 Å². The molecule has 0 aromatic carbocycles. The molecule has 0 saturated carbocycles. The minimum absolute atomic E-state index is 0.218. The summed E-state index contributed by atoms with van der Waals surface area (Å²) in [4.78, 5) is 19.9. The molecule has 0 heterocycles. The smallest absolute Gasteiger partial charge is 0.324 e. The molecule has 0 aliphatic carbocycles. The Hall–Kier alpha value is 0.300. The van der Waals surface area contributed by atoms with Crippen LogP contribution in [-0.4, -0.2) is 35.3 Å². The van der Waals surface area contributed by atoms with E-state index in [2.05, 4.69) is 13.8 Å². The zero-order valence-electron chi connectivity index (χ0n) is 17.1. The zero-order chi connectivity index (χ0) is 20.1. The van der Waals surface area contributed by atoms with E-state index in [0.717, 1.165) is 51.4 Å². The predicted molar refractivity (Wildman–Crippen MR) is 108 cm³/mol. The molecule has 0 bridgehead atoms. The van der Waals surface area contributed by atoms with Crippen LogP contribution < -0.4 is 0 Å². The fourth-order valence-corrected chi connectivity index (χ4v) is 5.79. The lowest BCUT2D eigenvalue weighted by Crippen LogP contribution is -2.12. The topological polar surface area (TPSA) is 93.1 Å². The van der Waals surface area contributed by atoms with Crippen LogP contribution >= 0.6 is 15.2 Å². The molecular formula is C18H40O6P2. The van der Waals surface area contributed by atoms with Crippen molar-refractivity contribution in [1.29, 1.82) is 0 Å². The van der Waals surface area contributed by atoms with Crippen molar-refractivity contribution in [3.05, 3.63) is 0 Å². The van der Waals surface area contributed by atoms with Crippen LogP contribution in [0.2, 0.25) is 0 Å².